The van der Waals surface area contributed by atoms with Crippen LogP contribution in [0.5, 0.6) is 0 Å². The number of hydrogen-bond donors (Lipinski definition) is 2. The van der Waals surface area contributed by atoms with Gasteiger partial charge in [-0.15, -0.1) is 0 Å². The average Bonchev–Trinajstić information content (AvgIpc) is 2.29. The van der Waals surface area contributed by atoms with E-state index in [-0.39, 0.29) is 12.1 Å². The van der Waals surface area contributed by atoms with Crippen LogP contribution < -0.4 is 11.1 Å². The van der Waals surface area contributed by atoms with E-state index < -0.39 is 23.1 Å². The Bertz CT molecular complexity index is 423. The van der Waals surface area contributed by atoms with Crippen molar-refractivity contribution in [3.05, 3.63) is 35.4 Å². The minimum Gasteiger partial charge on any atom is -0.368 e. The Morgan fingerprint density at radius 3 is 2.65 bits per heavy atom. The second kappa shape index (κ2) is 5.23. The van der Waals surface area contributed by atoms with Crippen LogP contribution in [0.1, 0.15) is 25.8 Å². The highest BCUT2D eigenvalue weighted by Gasteiger charge is 2.28. The third-order valence-electron chi connectivity index (χ3n) is 2.93. The van der Waals surface area contributed by atoms with Gasteiger partial charge in [0.2, 0.25) is 5.91 Å². The molecule has 94 valence electrons. The molecule has 0 bridgehead atoms. The minimum absolute atomic E-state index is 0.0525. The maximum absolute atomic E-state index is 13.3. The SMILES string of the molecule is CC[C@@](C)(NCc1cc(F)ccc1F)C(N)=O. The maximum Gasteiger partial charge on any atom is 0.237 e. The summed E-state index contributed by atoms with van der Waals surface area (Å²) in [5, 5.41) is 2.85. The molecule has 17 heavy (non-hydrogen) atoms. The van der Waals surface area contributed by atoms with Crippen LogP contribution in [0.3, 0.4) is 0 Å². The van der Waals surface area contributed by atoms with Gasteiger partial charge in [-0.2, -0.15) is 0 Å². The topological polar surface area (TPSA) is 55.1 Å². The molecule has 1 aromatic rings. The van der Waals surface area contributed by atoms with Crippen molar-refractivity contribution in [3.63, 3.8) is 0 Å². The Balaban J connectivity index is 2.79. The predicted octanol–water partition coefficient (Wildman–Crippen LogP) is 1.71. The van der Waals surface area contributed by atoms with Crippen LogP contribution in [0.25, 0.3) is 0 Å². The maximum atomic E-state index is 13.3. The van der Waals surface area contributed by atoms with Crippen molar-refractivity contribution in [2.24, 2.45) is 5.73 Å². The quantitative estimate of drug-likeness (QED) is 0.825. The van der Waals surface area contributed by atoms with Crippen molar-refractivity contribution >= 4 is 5.91 Å². The Labute approximate surface area is 99.0 Å². The average molecular weight is 242 g/mol. The molecular formula is C12H16F2N2O. The first-order chi connectivity index (χ1) is 7.89. The van der Waals surface area contributed by atoms with Crippen LogP contribution in [0, 0.1) is 11.6 Å². The summed E-state index contributed by atoms with van der Waals surface area (Å²) in [5.41, 5.74) is 4.50. The number of rotatable bonds is 5. The molecular weight excluding hydrogens is 226 g/mol. The third kappa shape index (κ3) is 3.23. The summed E-state index contributed by atoms with van der Waals surface area (Å²) in [5.74, 6) is -1.54. The zero-order valence-electron chi connectivity index (χ0n) is 9.89. The van der Waals surface area contributed by atoms with Gasteiger partial charge < -0.3 is 5.73 Å². The van der Waals surface area contributed by atoms with Crippen LogP contribution in [0.15, 0.2) is 18.2 Å². The molecule has 1 amide bonds. The normalized spacial score (nSPS) is 14.4. The smallest absolute Gasteiger partial charge is 0.237 e. The van der Waals surface area contributed by atoms with Gasteiger partial charge in [0.15, 0.2) is 0 Å². The molecule has 0 aromatic heterocycles. The first-order valence-electron chi connectivity index (χ1n) is 5.38. The lowest BCUT2D eigenvalue weighted by Crippen LogP contribution is -2.52. The number of nitrogens with two attached hydrogens (primary N) is 1. The van der Waals surface area contributed by atoms with E-state index in [0.717, 1.165) is 18.2 Å². The van der Waals surface area contributed by atoms with Gasteiger partial charge in [-0.05, 0) is 31.5 Å². The summed E-state index contributed by atoms with van der Waals surface area (Å²) in [6.07, 6.45) is 0.471. The number of benzene rings is 1. The fourth-order valence-electron chi connectivity index (χ4n) is 1.36. The van der Waals surface area contributed by atoms with E-state index in [1.54, 1.807) is 13.8 Å². The molecule has 0 saturated carbocycles. The van der Waals surface area contributed by atoms with Crippen molar-refractivity contribution in [2.75, 3.05) is 0 Å². The summed E-state index contributed by atoms with van der Waals surface area (Å²) in [7, 11) is 0. The first-order valence-corrected chi connectivity index (χ1v) is 5.38. The lowest BCUT2D eigenvalue weighted by molar-refractivity contribution is -0.124. The molecule has 1 rings (SSSR count). The zero-order chi connectivity index (χ0) is 13.1. The Hall–Kier alpha value is -1.49. The van der Waals surface area contributed by atoms with E-state index in [2.05, 4.69) is 5.32 Å². The second-order valence-corrected chi connectivity index (χ2v) is 4.14. The van der Waals surface area contributed by atoms with E-state index in [1.165, 1.54) is 0 Å². The molecule has 0 aliphatic heterocycles. The van der Waals surface area contributed by atoms with Gasteiger partial charge in [-0.3, -0.25) is 10.1 Å². The lowest BCUT2D eigenvalue weighted by atomic mass is 9.97. The van der Waals surface area contributed by atoms with Gasteiger partial charge in [-0.1, -0.05) is 6.92 Å². The molecule has 0 spiro atoms. The summed E-state index contributed by atoms with van der Waals surface area (Å²) in [6.45, 7) is 3.48. The molecule has 0 heterocycles. The third-order valence-corrected chi connectivity index (χ3v) is 2.93. The van der Waals surface area contributed by atoms with Gasteiger partial charge in [0.25, 0.3) is 0 Å². The molecule has 3 nitrogen and oxygen atoms in total. The number of carbonyl (C=O) groups is 1. The molecule has 0 radical (unpaired) electrons. The fraction of sp³-hybridized carbons (Fsp3) is 0.417. The Morgan fingerprint density at radius 1 is 1.47 bits per heavy atom. The number of halogens is 2. The van der Waals surface area contributed by atoms with Crippen LogP contribution >= 0.6 is 0 Å². The molecule has 5 heteroatoms. The van der Waals surface area contributed by atoms with Crippen molar-refractivity contribution in [3.8, 4) is 0 Å². The number of carbonyl (C=O) groups excluding carboxylic acids is 1. The molecule has 0 aliphatic carbocycles. The highest BCUT2D eigenvalue weighted by molar-refractivity contribution is 5.84. The summed E-state index contributed by atoms with van der Waals surface area (Å²) in [4.78, 5) is 11.2. The van der Waals surface area contributed by atoms with Crippen molar-refractivity contribution in [1.29, 1.82) is 0 Å². The monoisotopic (exact) mass is 242 g/mol. The lowest BCUT2D eigenvalue weighted by Gasteiger charge is -2.26. The van der Waals surface area contributed by atoms with Crippen molar-refractivity contribution in [2.45, 2.75) is 32.4 Å². The molecule has 1 aromatic carbocycles. The van der Waals surface area contributed by atoms with E-state index in [0.29, 0.717) is 6.42 Å². The zero-order valence-corrected chi connectivity index (χ0v) is 9.89. The second-order valence-electron chi connectivity index (χ2n) is 4.14. The van der Waals surface area contributed by atoms with Gasteiger partial charge in [0.05, 0.1) is 5.54 Å². The van der Waals surface area contributed by atoms with Gasteiger partial charge >= 0.3 is 0 Å². The van der Waals surface area contributed by atoms with Gasteiger partial charge in [0, 0.05) is 12.1 Å². The fourth-order valence-corrected chi connectivity index (χ4v) is 1.36. The summed E-state index contributed by atoms with van der Waals surface area (Å²) < 4.78 is 26.2. The van der Waals surface area contributed by atoms with E-state index >= 15 is 0 Å². The van der Waals surface area contributed by atoms with Gasteiger partial charge in [0.1, 0.15) is 11.6 Å². The molecule has 0 saturated heterocycles. The number of hydrogen-bond acceptors (Lipinski definition) is 2. The number of primary amides is 1. The molecule has 3 N–H and O–H groups in total. The van der Waals surface area contributed by atoms with Crippen LogP contribution in [0.2, 0.25) is 0 Å². The number of nitrogens with one attached hydrogen (secondary N) is 1. The number of amides is 1. The van der Waals surface area contributed by atoms with Crippen LogP contribution in [0.4, 0.5) is 8.78 Å². The highest BCUT2D eigenvalue weighted by Crippen LogP contribution is 2.13. The molecule has 0 aliphatic rings. The first kappa shape index (κ1) is 13.6. The summed E-state index contributed by atoms with van der Waals surface area (Å²) >= 11 is 0. The summed E-state index contributed by atoms with van der Waals surface area (Å²) in [6, 6.07) is 3.20. The Morgan fingerprint density at radius 2 is 2.12 bits per heavy atom. The molecule has 0 fully saturated rings. The largest absolute Gasteiger partial charge is 0.368 e. The van der Waals surface area contributed by atoms with Crippen LogP contribution in [-0.2, 0) is 11.3 Å². The molecule has 1 atom stereocenters. The van der Waals surface area contributed by atoms with E-state index in [1.807, 2.05) is 0 Å². The van der Waals surface area contributed by atoms with Crippen molar-refractivity contribution < 1.29 is 13.6 Å². The minimum atomic E-state index is -0.918. The predicted molar refractivity (Wildman–Crippen MR) is 61.1 cm³/mol. The highest BCUT2D eigenvalue weighted by atomic mass is 19.1. The molecule has 0 unspecified atom stereocenters. The standard InChI is InChI=1S/C12H16F2N2O/c1-3-12(2,11(15)17)16-7-8-6-9(13)4-5-10(8)14/h4-6,16H,3,7H2,1-2H3,(H2,15,17)/t12-/m1/s1. The van der Waals surface area contributed by atoms with E-state index in [4.69, 9.17) is 5.73 Å². The Kier molecular flexibility index (Phi) is 4.17. The van der Waals surface area contributed by atoms with E-state index in [9.17, 15) is 13.6 Å². The van der Waals surface area contributed by atoms with Gasteiger partial charge in [-0.25, -0.2) is 8.78 Å². The van der Waals surface area contributed by atoms with Crippen molar-refractivity contribution in [1.82, 2.24) is 5.32 Å². The van der Waals surface area contributed by atoms with Crippen LogP contribution in [-0.4, -0.2) is 11.4 Å².